The molecule has 3 fully saturated rings. The number of anilines is 1. The van der Waals surface area contributed by atoms with E-state index in [0.29, 0.717) is 48.6 Å². The predicted molar refractivity (Wildman–Crippen MR) is 164 cm³/mol. The topological polar surface area (TPSA) is 83.9 Å². The summed E-state index contributed by atoms with van der Waals surface area (Å²) >= 11 is 0. The molecule has 7 rings (SSSR count). The van der Waals surface area contributed by atoms with Crippen molar-refractivity contribution in [2.24, 2.45) is 0 Å². The second-order valence-electron chi connectivity index (χ2n) is 11.7. The van der Waals surface area contributed by atoms with E-state index in [4.69, 9.17) is 14.5 Å². The summed E-state index contributed by atoms with van der Waals surface area (Å²) in [6.45, 7) is 9.40. The average molecular weight is 601 g/mol. The first-order valence-electron chi connectivity index (χ1n) is 15.1. The van der Waals surface area contributed by atoms with Gasteiger partial charge in [0, 0.05) is 57.1 Å². The Labute approximate surface area is 254 Å². The second kappa shape index (κ2) is 11.7. The molecular formula is C33H34F2N6O3. The number of likely N-dealkylation sites (tertiary alicyclic amines) is 1. The van der Waals surface area contributed by atoms with E-state index in [0.717, 1.165) is 48.9 Å². The van der Waals surface area contributed by atoms with Crippen LogP contribution in [0.25, 0.3) is 32.9 Å². The minimum absolute atomic E-state index is 0.0829. The Kier molecular flexibility index (Phi) is 7.59. The fourth-order valence-electron chi connectivity index (χ4n) is 6.72. The highest BCUT2D eigenvalue weighted by Gasteiger charge is 2.38. The van der Waals surface area contributed by atoms with E-state index in [2.05, 4.69) is 21.4 Å². The van der Waals surface area contributed by atoms with Gasteiger partial charge in [-0.05, 0) is 36.1 Å². The van der Waals surface area contributed by atoms with Crippen molar-refractivity contribution < 1.29 is 23.0 Å². The van der Waals surface area contributed by atoms with E-state index in [1.165, 1.54) is 4.90 Å². The van der Waals surface area contributed by atoms with Gasteiger partial charge in [-0.1, -0.05) is 43.0 Å². The van der Waals surface area contributed by atoms with Crippen LogP contribution in [0.2, 0.25) is 0 Å². The average Bonchev–Trinajstić information content (AvgIpc) is 3.67. The van der Waals surface area contributed by atoms with Crippen LogP contribution in [0.4, 0.5) is 14.6 Å². The summed E-state index contributed by atoms with van der Waals surface area (Å²) in [7, 11) is 0. The lowest BCUT2D eigenvalue weighted by Crippen LogP contribution is -2.49. The molecule has 44 heavy (non-hydrogen) atoms. The van der Waals surface area contributed by atoms with Gasteiger partial charge in [-0.15, -0.1) is 0 Å². The largest absolute Gasteiger partial charge is 0.463 e. The summed E-state index contributed by atoms with van der Waals surface area (Å²) in [6, 6.07) is 12.3. The number of piperazine rings is 1. The van der Waals surface area contributed by atoms with Gasteiger partial charge < -0.3 is 19.3 Å². The molecule has 0 spiro atoms. The van der Waals surface area contributed by atoms with Gasteiger partial charge >= 0.3 is 6.01 Å². The van der Waals surface area contributed by atoms with E-state index in [1.807, 2.05) is 48.2 Å². The lowest BCUT2D eigenvalue weighted by Gasteiger charge is -2.35. The molecule has 3 aliphatic heterocycles. The normalized spacial score (nSPS) is 20.2. The molecule has 0 unspecified atom stereocenters. The number of fused-ring (bicyclic) bond motifs is 4. The van der Waals surface area contributed by atoms with Crippen molar-refractivity contribution in [1.29, 1.82) is 0 Å². The molecule has 4 aromatic rings. The molecule has 0 radical (unpaired) electrons. The minimum Gasteiger partial charge on any atom is -0.463 e. The lowest BCUT2D eigenvalue weighted by atomic mass is 9.97. The van der Waals surface area contributed by atoms with Crippen molar-refractivity contribution in [3.05, 3.63) is 66.4 Å². The number of halogens is 2. The molecule has 11 heteroatoms. The Morgan fingerprint density at radius 2 is 1.93 bits per heavy atom. The van der Waals surface area contributed by atoms with E-state index in [9.17, 15) is 9.18 Å². The Morgan fingerprint density at radius 3 is 2.66 bits per heavy atom. The SMILES string of the molecule is C=C(F)C(=O)N1CCN(c2nc(OCCCN3C[C@@H]4C[C@H]3CO4)nc3c(F)c(-c4cccc5cccc(C)c45)ncc23)CC1. The fourth-order valence-corrected chi connectivity index (χ4v) is 6.72. The number of morpholine rings is 1. The summed E-state index contributed by atoms with van der Waals surface area (Å²) in [4.78, 5) is 31.8. The van der Waals surface area contributed by atoms with Crippen molar-refractivity contribution in [2.75, 3.05) is 57.4 Å². The van der Waals surface area contributed by atoms with E-state index in [1.54, 1.807) is 6.20 Å². The first-order chi connectivity index (χ1) is 21.4. The van der Waals surface area contributed by atoms with Crippen LogP contribution in [0.15, 0.2) is 55.0 Å². The molecule has 0 aliphatic carbocycles. The summed E-state index contributed by atoms with van der Waals surface area (Å²) in [5, 5.41) is 2.37. The van der Waals surface area contributed by atoms with E-state index < -0.39 is 17.6 Å². The highest BCUT2D eigenvalue weighted by Crippen LogP contribution is 2.36. The molecule has 1 amide bonds. The van der Waals surface area contributed by atoms with Crippen LogP contribution in [0, 0.1) is 12.7 Å². The molecule has 5 heterocycles. The van der Waals surface area contributed by atoms with Crippen LogP contribution in [0.5, 0.6) is 6.01 Å². The van der Waals surface area contributed by atoms with E-state index in [-0.39, 0.29) is 30.3 Å². The van der Waals surface area contributed by atoms with Gasteiger partial charge in [0.05, 0.1) is 24.7 Å². The highest BCUT2D eigenvalue weighted by atomic mass is 19.1. The van der Waals surface area contributed by atoms with Crippen molar-refractivity contribution >= 4 is 33.4 Å². The number of carbonyl (C=O) groups is 1. The van der Waals surface area contributed by atoms with Gasteiger partial charge in [0.2, 0.25) is 0 Å². The van der Waals surface area contributed by atoms with Crippen LogP contribution >= 0.6 is 0 Å². The molecule has 0 N–H and O–H groups in total. The summed E-state index contributed by atoms with van der Waals surface area (Å²) in [5.41, 5.74) is 2.03. The number of aryl methyl sites for hydroxylation is 1. The smallest absolute Gasteiger partial charge is 0.319 e. The van der Waals surface area contributed by atoms with Gasteiger partial charge in [0.15, 0.2) is 11.6 Å². The van der Waals surface area contributed by atoms with Crippen LogP contribution in [-0.4, -0.2) is 95.3 Å². The second-order valence-corrected chi connectivity index (χ2v) is 11.7. The number of hydrogen-bond acceptors (Lipinski definition) is 8. The zero-order chi connectivity index (χ0) is 30.4. The third-order valence-corrected chi connectivity index (χ3v) is 8.94. The highest BCUT2D eigenvalue weighted by molar-refractivity contribution is 6.00. The fraction of sp³-hybridized carbons (Fsp3) is 0.394. The van der Waals surface area contributed by atoms with Crippen molar-refractivity contribution in [3.63, 3.8) is 0 Å². The maximum absolute atomic E-state index is 16.5. The molecule has 2 aromatic carbocycles. The Hall–Kier alpha value is -4.22. The number of pyridine rings is 1. The Bertz CT molecular complexity index is 1750. The first kappa shape index (κ1) is 28.5. The van der Waals surface area contributed by atoms with Gasteiger partial charge in [-0.25, -0.2) is 8.78 Å². The lowest BCUT2D eigenvalue weighted by molar-refractivity contribution is -0.128. The van der Waals surface area contributed by atoms with Crippen molar-refractivity contribution in [1.82, 2.24) is 24.8 Å². The zero-order valence-corrected chi connectivity index (χ0v) is 24.6. The van der Waals surface area contributed by atoms with Gasteiger partial charge in [0.25, 0.3) is 5.91 Å². The van der Waals surface area contributed by atoms with Gasteiger partial charge in [0.1, 0.15) is 17.0 Å². The predicted octanol–water partition coefficient (Wildman–Crippen LogP) is 4.67. The van der Waals surface area contributed by atoms with Gasteiger partial charge in [-0.3, -0.25) is 14.7 Å². The molecule has 3 aliphatic rings. The number of amides is 1. The van der Waals surface area contributed by atoms with Crippen LogP contribution in [-0.2, 0) is 9.53 Å². The summed E-state index contributed by atoms with van der Waals surface area (Å²) in [6.07, 6.45) is 3.80. The molecule has 0 saturated carbocycles. The number of aromatic nitrogens is 3. The third-order valence-electron chi connectivity index (χ3n) is 8.94. The molecular weight excluding hydrogens is 566 g/mol. The van der Waals surface area contributed by atoms with Crippen molar-refractivity contribution in [3.8, 4) is 17.3 Å². The number of ether oxygens (including phenoxy) is 2. The Balaban J connectivity index is 1.21. The summed E-state index contributed by atoms with van der Waals surface area (Å²) < 4.78 is 41.8. The Morgan fingerprint density at radius 1 is 1.14 bits per heavy atom. The number of benzene rings is 2. The molecule has 2 bridgehead atoms. The maximum Gasteiger partial charge on any atom is 0.319 e. The van der Waals surface area contributed by atoms with Crippen LogP contribution in [0.3, 0.4) is 0 Å². The zero-order valence-electron chi connectivity index (χ0n) is 24.6. The quantitative estimate of drug-likeness (QED) is 0.213. The minimum atomic E-state index is -0.988. The van der Waals surface area contributed by atoms with Crippen LogP contribution in [0.1, 0.15) is 18.4 Å². The monoisotopic (exact) mass is 600 g/mol. The van der Waals surface area contributed by atoms with Crippen molar-refractivity contribution in [2.45, 2.75) is 31.9 Å². The number of nitrogens with zero attached hydrogens (tertiary/aromatic N) is 6. The number of rotatable bonds is 8. The van der Waals surface area contributed by atoms with E-state index >= 15 is 4.39 Å². The standard InChI is InChI=1S/C33H34F2N6O3/c1-20-6-3-7-22-8-4-9-25(27(20)22)29-28(35)30-26(17-36-29)31(39-11-13-40(14-12-39)32(42)21(2)34)38-33(37-30)43-15-5-10-41-18-24-16-23(41)19-44-24/h3-4,6-9,17,23-24H,2,5,10-16,18-19H2,1H3/t23-,24-/m0/s1. The molecule has 9 nitrogen and oxygen atoms in total. The number of carbonyl (C=O) groups excluding carboxylic acids is 1. The molecule has 2 atom stereocenters. The van der Waals surface area contributed by atoms with Gasteiger partial charge in [-0.2, -0.15) is 9.97 Å². The molecule has 228 valence electrons. The number of hydrogen-bond donors (Lipinski definition) is 0. The summed E-state index contributed by atoms with van der Waals surface area (Å²) in [5.74, 6) is -1.79. The third kappa shape index (κ3) is 5.24. The van der Waals surface area contributed by atoms with Crippen LogP contribution < -0.4 is 9.64 Å². The molecule has 2 aromatic heterocycles. The first-order valence-corrected chi connectivity index (χ1v) is 15.1. The maximum atomic E-state index is 16.5. The molecule has 3 saturated heterocycles.